The first-order valence-corrected chi connectivity index (χ1v) is 8.94. The number of rotatable bonds is 2. The van der Waals surface area contributed by atoms with Gasteiger partial charge in [0.1, 0.15) is 11.6 Å². The quantitative estimate of drug-likeness (QED) is 0.828. The molecule has 2 fully saturated rings. The van der Waals surface area contributed by atoms with E-state index in [-0.39, 0.29) is 18.1 Å². The number of nitrogens with zero attached hydrogens (tertiary/aromatic N) is 4. The molecule has 2 atom stereocenters. The first kappa shape index (κ1) is 17.1. The number of anilines is 1. The molecule has 0 spiro atoms. The van der Waals surface area contributed by atoms with Crippen LogP contribution in [0.1, 0.15) is 38.2 Å². The number of ether oxygens (including phenoxy) is 1. The number of aryl methyl sites for hydroxylation is 2. The minimum atomic E-state index is 0.128. The molecule has 0 bridgehead atoms. The summed E-state index contributed by atoms with van der Waals surface area (Å²) in [6.45, 7) is 11.2. The highest BCUT2D eigenvalue weighted by Crippen LogP contribution is 2.25. The van der Waals surface area contributed by atoms with Crippen LogP contribution in [0, 0.1) is 19.8 Å². The average molecular weight is 332 g/mol. The van der Waals surface area contributed by atoms with Gasteiger partial charge in [-0.25, -0.2) is 9.97 Å². The van der Waals surface area contributed by atoms with Crippen LogP contribution in [0.15, 0.2) is 6.07 Å². The maximum atomic E-state index is 12.8. The molecule has 3 rings (SSSR count). The van der Waals surface area contributed by atoms with Gasteiger partial charge in [-0.15, -0.1) is 0 Å². The molecule has 0 N–H and O–H groups in total. The van der Waals surface area contributed by atoms with Crippen LogP contribution in [0.4, 0.5) is 5.82 Å². The first-order chi connectivity index (χ1) is 11.4. The minimum absolute atomic E-state index is 0.128. The summed E-state index contributed by atoms with van der Waals surface area (Å²) in [6, 6.07) is 2.03. The van der Waals surface area contributed by atoms with Gasteiger partial charge in [0.2, 0.25) is 5.91 Å². The zero-order valence-corrected chi connectivity index (χ0v) is 15.2. The molecule has 2 aliphatic rings. The van der Waals surface area contributed by atoms with E-state index in [4.69, 9.17) is 4.74 Å². The highest BCUT2D eigenvalue weighted by Gasteiger charge is 2.32. The van der Waals surface area contributed by atoms with Crippen LogP contribution >= 0.6 is 0 Å². The van der Waals surface area contributed by atoms with Crippen molar-refractivity contribution in [3.63, 3.8) is 0 Å². The summed E-state index contributed by atoms with van der Waals surface area (Å²) in [5.74, 6) is 2.22. The largest absolute Gasteiger partial charge is 0.372 e. The molecule has 0 saturated carbocycles. The van der Waals surface area contributed by atoms with Gasteiger partial charge in [-0.2, -0.15) is 0 Å². The zero-order valence-electron chi connectivity index (χ0n) is 15.2. The Morgan fingerprint density at radius 2 is 1.75 bits per heavy atom. The zero-order chi connectivity index (χ0) is 17.3. The summed E-state index contributed by atoms with van der Waals surface area (Å²) < 4.78 is 5.73. The van der Waals surface area contributed by atoms with E-state index in [1.807, 2.05) is 38.7 Å². The van der Waals surface area contributed by atoms with E-state index in [2.05, 4.69) is 14.9 Å². The molecule has 6 heteroatoms. The van der Waals surface area contributed by atoms with Gasteiger partial charge in [0.05, 0.1) is 12.2 Å². The standard InChI is InChI=1S/C18H28N4O2/c1-12-9-17(20-15(4)19-12)21-7-5-16(6-8-21)18(23)22-10-13(2)24-14(3)11-22/h9,13-14,16H,5-8,10-11H2,1-4H3/t13-,14-/m1/s1. The molecule has 1 amide bonds. The molecule has 3 heterocycles. The number of aromatic nitrogens is 2. The van der Waals surface area contributed by atoms with Gasteiger partial charge in [-0.3, -0.25) is 4.79 Å². The fraction of sp³-hybridized carbons (Fsp3) is 0.722. The van der Waals surface area contributed by atoms with Crippen LogP contribution in [0.25, 0.3) is 0 Å². The molecule has 2 aliphatic heterocycles. The lowest BCUT2D eigenvalue weighted by Crippen LogP contribution is -2.51. The maximum Gasteiger partial charge on any atom is 0.225 e. The van der Waals surface area contributed by atoms with Gasteiger partial charge >= 0.3 is 0 Å². The van der Waals surface area contributed by atoms with Gasteiger partial charge < -0.3 is 14.5 Å². The second-order valence-electron chi connectivity index (χ2n) is 7.18. The molecule has 24 heavy (non-hydrogen) atoms. The van der Waals surface area contributed by atoms with Crippen molar-refractivity contribution in [2.24, 2.45) is 5.92 Å². The Morgan fingerprint density at radius 3 is 2.33 bits per heavy atom. The summed E-state index contributed by atoms with van der Waals surface area (Å²) in [6.07, 6.45) is 2.04. The molecule has 1 aromatic rings. The molecule has 0 unspecified atom stereocenters. The maximum absolute atomic E-state index is 12.8. The smallest absolute Gasteiger partial charge is 0.225 e. The lowest BCUT2D eigenvalue weighted by Gasteiger charge is -2.39. The molecular formula is C18H28N4O2. The number of hydrogen-bond acceptors (Lipinski definition) is 5. The van der Waals surface area contributed by atoms with Crippen LogP contribution in [0.5, 0.6) is 0 Å². The third-order valence-electron chi connectivity index (χ3n) is 4.85. The van der Waals surface area contributed by atoms with Crippen molar-refractivity contribution in [2.45, 2.75) is 52.7 Å². The third kappa shape index (κ3) is 3.86. The van der Waals surface area contributed by atoms with E-state index in [0.29, 0.717) is 19.0 Å². The Labute approximate surface area is 144 Å². The Bertz CT molecular complexity index is 568. The normalized spacial score (nSPS) is 25.8. The molecule has 2 saturated heterocycles. The third-order valence-corrected chi connectivity index (χ3v) is 4.85. The van der Waals surface area contributed by atoms with Crippen molar-refractivity contribution in [3.8, 4) is 0 Å². The Morgan fingerprint density at radius 1 is 1.12 bits per heavy atom. The number of carbonyl (C=O) groups is 1. The van der Waals surface area contributed by atoms with Crippen LogP contribution < -0.4 is 4.90 Å². The summed E-state index contributed by atoms with van der Waals surface area (Å²) in [4.78, 5) is 26.0. The minimum Gasteiger partial charge on any atom is -0.372 e. The number of carbonyl (C=O) groups excluding carboxylic acids is 1. The fourth-order valence-electron chi connectivity index (χ4n) is 3.83. The molecule has 1 aromatic heterocycles. The summed E-state index contributed by atoms with van der Waals surface area (Å²) in [5, 5.41) is 0. The van der Waals surface area contributed by atoms with E-state index >= 15 is 0 Å². The molecule has 0 radical (unpaired) electrons. The SMILES string of the molecule is Cc1cc(N2CCC(C(=O)N3C[C@@H](C)O[C@H](C)C3)CC2)nc(C)n1. The number of morpholine rings is 1. The Balaban J connectivity index is 1.59. The van der Waals surface area contributed by atoms with Gasteiger partial charge in [0, 0.05) is 43.9 Å². The monoisotopic (exact) mass is 332 g/mol. The van der Waals surface area contributed by atoms with Crippen molar-refractivity contribution in [1.29, 1.82) is 0 Å². The summed E-state index contributed by atoms with van der Waals surface area (Å²) >= 11 is 0. The number of piperidine rings is 1. The van der Waals surface area contributed by atoms with Crippen LogP contribution in [-0.4, -0.2) is 59.2 Å². The van der Waals surface area contributed by atoms with Gasteiger partial charge in [0.15, 0.2) is 0 Å². The van der Waals surface area contributed by atoms with E-state index < -0.39 is 0 Å². The van der Waals surface area contributed by atoms with Crippen molar-refractivity contribution in [2.75, 3.05) is 31.1 Å². The Hall–Kier alpha value is -1.69. The molecule has 0 aliphatic carbocycles. The van der Waals surface area contributed by atoms with Gasteiger partial charge in [-0.1, -0.05) is 0 Å². The second-order valence-corrected chi connectivity index (χ2v) is 7.18. The lowest BCUT2D eigenvalue weighted by molar-refractivity contribution is -0.148. The van der Waals surface area contributed by atoms with Crippen LogP contribution in [-0.2, 0) is 9.53 Å². The van der Waals surface area contributed by atoms with Crippen LogP contribution in [0.2, 0.25) is 0 Å². The summed E-state index contributed by atoms with van der Waals surface area (Å²) in [5.41, 5.74) is 0.993. The van der Waals surface area contributed by atoms with E-state index in [1.54, 1.807) is 0 Å². The highest BCUT2D eigenvalue weighted by atomic mass is 16.5. The fourth-order valence-corrected chi connectivity index (χ4v) is 3.83. The lowest BCUT2D eigenvalue weighted by atomic mass is 9.94. The predicted octanol–water partition coefficient (Wildman–Crippen LogP) is 1.95. The number of amides is 1. The van der Waals surface area contributed by atoms with Crippen molar-refractivity contribution >= 4 is 11.7 Å². The van der Waals surface area contributed by atoms with Crippen molar-refractivity contribution < 1.29 is 9.53 Å². The second kappa shape index (κ2) is 7.05. The molecular weight excluding hydrogens is 304 g/mol. The van der Waals surface area contributed by atoms with Gasteiger partial charge in [0.25, 0.3) is 0 Å². The van der Waals surface area contributed by atoms with E-state index in [9.17, 15) is 4.79 Å². The molecule has 0 aromatic carbocycles. The van der Waals surface area contributed by atoms with Crippen LogP contribution in [0.3, 0.4) is 0 Å². The first-order valence-electron chi connectivity index (χ1n) is 8.94. The predicted molar refractivity (Wildman–Crippen MR) is 93.0 cm³/mol. The van der Waals surface area contributed by atoms with Crippen molar-refractivity contribution in [1.82, 2.24) is 14.9 Å². The van der Waals surface area contributed by atoms with Crippen molar-refractivity contribution in [3.05, 3.63) is 17.6 Å². The summed E-state index contributed by atoms with van der Waals surface area (Å²) in [7, 11) is 0. The number of hydrogen-bond donors (Lipinski definition) is 0. The molecule has 132 valence electrons. The van der Waals surface area contributed by atoms with Gasteiger partial charge in [-0.05, 0) is 40.5 Å². The van der Waals surface area contributed by atoms with E-state index in [1.165, 1.54) is 0 Å². The average Bonchev–Trinajstić information content (AvgIpc) is 2.52. The topological polar surface area (TPSA) is 58.6 Å². The van der Waals surface area contributed by atoms with E-state index in [0.717, 1.165) is 43.3 Å². The highest BCUT2D eigenvalue weighted by molar-refractivity contribution is 5.79. The molecule has 6 nitrogen and oxygen atoms in total. The Kier molecular flexibility index (Phi) is 5.04.